The minimum atomic E-state index is -0.263. The maximum absolute atomic E-state index is 12.7. The van der Waals surface area contributed by atoms with E-state index in [1.807, 2.05) is 49.5 Å². The minimum Gasteiger partial charge on any atom is -0.352 e. The molecular formula is C19H21BrN2O. The zero-order valence-corrected chi connectivity index (χ0v) is 14.8. The van der Waals surface area contributed by atoms with Gasteiger partial charge in [0.15, 0.2) is 0 Å². The van der Waals surface area contributed by atoms with Gasteiger partial charge in [0.1, 0.15) is 6.04 Å². The SMILES string of the molecule is CN(Cc1ccc(Br)cc1)[C@H](C(=O)NC1CC1)c1ccccc1. The molecule has 120 valence electrons. The fourth-order valence-electron chi connectivity index (χ4n) is 2.72. The third-order valence-electron chi connectivity index (χ3n) is 4.07. The number of benzene rings is 2. The summed E-state index contributed by atoms with van der Waals surface area (Å²) < 4.78 is 1.06. The topological polar surface area (TPSA) is 32.3 Å². The van der Waals surface area contributed by atoms with Crippen LogP contribution in [-0.2, 0) is 11.3 Å². The van der Waals surface area contributed by atoms with Crippen molar-refractivity contribution in [1.29, 1.82) is 0 Å². The van der Waals surface area contributed by atoms with Gasteiger partial charge in [-0.3, -0.25) is 9.69 Å². The number of carbonyl (C=O) groups is 1. The van der Waals surface area contributed by atoms with E-state index in [1.54, 1.807) is 0 Å². The van der Waals surface area contributed by atoms with Crippen molar-refractivity contribution >= 4 is 21.8 Å². The van der Waals surface area contributed by atoms with E-state index in [1.165, 1.54) is 5.56 Å². The minimum absolute atomic E-state index is 0.0957. The predicted octanol–water partition coefficient (Wildman–Crippen LogP) is 3.90. The molecule has 3 rings (SSSR count). The molecule has 23 heavy (non-hydrogen) atoms. The summed E-state index contributed by atoms with van der Waals surface area (Å²) in [4.78, 5) is 14.8. The molecule has 1 N–H and O–H groups in total. The highest BCUT2D eigenvalue weighted by Gasteiger charge is 2.30. The Morgan fingerprint density at radius 3 is 2.43 bits per heavy atom. The molecule has 0 aromatic heterocycles. The van der Waals surface area contributed by atoms with Crippen LogP contribution < -0.4 is 5.32 Å². The maximum atomic E-state index is 12.7. The monoisotopic (exact) mass is 372 g/mol. The largest absolute Gasteiger partial charge is 0.352 e. The van der Waals surface area contributed by atoms with Gasteiger partial charge < -0.3 is 5.32 Å². The van der Waals surface area contributed by atoms with Crippen LogP contribution in [0.15, 0.2) is 59.1 Å². The van der Waals surface area contributed by atoms with E-state index in [9.17, 15) is 4.79 Å². The van der Waals surface area contributed by atoms with Gasteiger partial charge in [0.25, 0.3) is 0 Å². The van der Waals surface area contributed by atoms with Crippen molar-refractivity contribution in [2.24, 2.45) is 0 Å². The number of rotatable bonds is 6. The molecule has 0 saturated heterocycles. The molecule has 1 fully saturated rings. The Bertz CT molecular complexity index is 653. The highest BCUT2D eigenvalue weighted by molar-refractivity contribution is 9.10. The van der Waals surface area contributed by atoms with Crippen molar-refractivity contribution < 1.29 is 4.79 Å². The van der Waals surface area contributed by atoms with Crippen LogP contribution in [0, 0.1) is 0 Å². The summed E-state index contributed by atoms with van der Waals surface area (Å²) in [5.74, 6) is 0.0957. The summed E-state index contributed by atoms with van der Waals surface area (Å²) in [5.41, 5.74) is 2.22. The van der Waals surface area contributed by atoms with Crippen molar-refractivity contribution in [2.75, 3.05) is 7.05 Å². The highest BCUT2D eigenvalue weighted by atomic mass is 79.9. The van der Waals surface area contributed by atoms with Gasteiger partial charge in [0.2, 0.25) is 5.91 Å². The molecule has 0 radical (unpaired) electrons. The zero-order chi connectivity index (χ0) is 16.2. The second-order valence-electron chi connectivity index (χ2n) is 6.14. The van der Waals surface area contributed by atoms with Crippen LogP contribution in [0.25, 0.3) is 0 Å². The Balaban J connectivity index is 1.78. The van der Waals surface area contributed by atoms with Crippen molar-refractivity contribution in [3.63, 3.8) is 0 Å². The molecule has 2 aromatic rings. The molecule has 4 heteroatoms. The van der Waals surface area contributed by atoms with Gasteiger partial charge in [-0.1, -0.05) is 58.4 Å². The first-order valence-electron chi connectivity index (χ1n) is 7.93. The van der Waals surface area contributed by atoms with Crippen LogP contribution in [0.3, 0.4) is 0 Å². The Labute approximate surface area is 145 Å². The molecule has 0 aliphatic heterocycles. The molecule has 2 aromatic carbocycles. The number of amides is 1. The lowest BCUT2D eigenvalue weighted by Gasteiger charge is -2.27. The van der Waals surface area contributed by atoms with E-state index in [0.29, 0.717) is 6.04 Å². The van der Waals surface area contributed by atoms with E-state index < -0.39 is 0 Å². The summed E-state index contributed by atoms with van der Waals surface area (Å²) in [6, 6.07) is 18.3. The second kappa shape index (κ2) is 7.28. The third kappa shape index (κ3) is 4.43. The number of hydrogen-bond acceptors (Lipinski definition) is 2. The molecular weight excluding hydrogens is 352 g/mol. The van der Waals surface area contributed by atoms with Gasteiger partial charge in [-0.15, -0.1) is 0 Å². The van der Waals surface area contributed by atoms with Crippen LogP contribution in [-0.4, -0.2) is 23.9 Å². The first kappa shape index (κ1) is 16.2. The lowest BCUT2D eigenvalue weighted by molar-refractivity contribution is -0.126. The average molecular weight is 373 g/mol. The lowest BCUT2D eigenvalue weighted by Crippen LogP contribution is -2.39. The quantitative estimate of drug-likeness (QED) is 0.833. The van der Waals surface area contributed by atoms with Crippen LogP contribution >= 0.6 is 15.9 Å². The smallest absolute Gasteiger partial charge is 0.242 e. The van der Waals surface area contributed by atoms with Gasteiger partial charge >= 0.3 is 0 Å². The molecule has 1 saturated carbocycles. The fraction of sp³-hybridized carbons (Fsp3) is 0.316. The van der Waals surface area contributed by atoms with Gasteiger partial charge in [0.05, 0.1) is 0 Å². The van der Waals surface area contributed by atoms with E-state index >= 15 is 0 Å². The van der Waals surface area contributed by atoms with Crippen molar-refractivity contribution in [1.82, 2.24) is 10.2 Å². The molecule has 1 aliphatic carbocycles. The molecule has 0 unspecified atom stereocenters. The first-order chi connectivity index (χ1) is 11.1. The molecule has 0 bridgehead atoms. The Kier molecular flexibility index (Phi) is 5.13. The van der Waals surface area contributed by atoms with E-state index in [2.05, 4.69) is 38.3 Å². The predicted molar refractivity (Wildman–Crippen MR) is 96.0 cm³/mol. The average Bonchev–Trinajstić information content (AvgIpc) is 3.35. The fourth-order valence-corrected chi connectivity index (χ4v) is 2.98. The first-order valence-corrected chi connectivity index (χ1v) is 8.73. The summed E-state index contributed by atoms with van der Waals surface area (Å²) in [5, 5.41) is 3.14. The molecule has 0 spiro atoms. The number of hydrogen-bond donors (Lipinski definition) is 1. The number of likely N-dealkylation sites (N-methyl/N-ethyl adjacent to an activating group) is 1. The van der Waals surface area contributed by atoms with Crippen LogP contribution in [0.2, 0.25) is 0 Å². The highest BCUT2D eigenvalue weighted by Crippen LogP contribution is 2.25. The molecule has 1 aliphatic rings. The third-order valence-corrected chi connectivity index (χ3v) is 4.60. The van der Waals surface area contributed by atoms with E-state index in [-0.39, 0.29) is 11.9 Å². The zero-order valence-electron chi connectivity index (χ0n) is 13.2. The van der Waals surface area contributed by atoms with E-state index in [0.717, 1.165) is 29.4 Å². The second-order valence-corrected chi connectivity index (χ2v) is 7.05. The van der Waals surface area contributed by atoms with Gasteiger partial charge in [-0.05, 0) is 43.1 Å². The van der Waals surface area contributed by atoms with Crippen molar-refractivity contribution in [3.8, 4) is 0 Å². The number of halogens is 1. The molecule has 1 amide bonds. The lowest BCUT2D eigenvalue weighted by atomic mass is 10.0. The van der Waals surface area contributed by atoms with Gasteiger partial charge in [0, 0.05) is 17.1 Å². The Morgan fingerprint density at radius 1 is 1.17 bits per heavy atom. The van der Waals surface area contributed by atoms with Crippen LogP contribution in [0.1, 0.15) is 30.0 Å². The van der Waals surface area contributed by atoms with Crippen LogP contribution in [0.5, 0.6) is 0 Å². The Morgan fingerprint density at radius 2 is 1.83 bits per heavy atom. The molecule has 3 nitrogen and oxygen atoms in total. The normalized spacial score (nSPS) is 15.4. The van der Waals surface area contributed by atoms with Gasteiger partial charge in [-0.25, -0.2) is 0 Å². The number of nitrogens with one attached hydrogen (secondary N) is 1. The summed E-state index contributed by atoms with van der Waals surface area (Å²) in [6.45, 7) is 0.727. The van der Waals surface area contributed by atoms with Crippen molar-refractivity contribution in [2.45, 2.75) is 31.5 Å². The van der Waals surface area contributed by atoms with E-state index in [4.69, 9.17) is 0 Å². The maximum Gasteiger partial charge on any atom is 0.242 e. The summed E-state index contributed by atoms with van der Waals surface area (Å²) >= 11 is 3.46. The summed E-state index contributed by atoms with van der Waals surface area (Å²) in [7, 11) is 2.01. The number of carbonyl (C=O) groups excluding carboxylic acids is 1. The Hall–Kier alpha value is -1.65. The molecule has 1 atom stereocenters. The number of nitrogens with zero attached hydrogens (tertiary/aromatic N) is 1. The van der Waals surface area contributed by atoms with Crippen molar-refractivity contribution in [3.05, 3.63) is 70.2 Å². The standard InChI is InChI=1S/C19H21BrN2O/c1-22(13-14-7-9-16(20)10-8-14)18(15-5-3-2-4-6-15)19(23)21-17-11-12-17/h2-10,17-18H,11-13H2,1H3,(H,21,23)/t18-/m0/s1. The molecule has 0 heterocycles. The summed E-state index contributed by atoms with van der Waals surface area (Å²) in [6.07, 6.45) is 2.20. The van der Waals surface area contributed by atoms with Crippen LogP contribution in [0.4, 0.5) is 0 Å². The van der Waals surface area contributed by atoms with Gasteiger partial charge in [-0.2, -0.15) is 0 Å².